The van der Waals surface area contributed by atoms with Crippen LogP contribution in [0.3, 0.4) is 0 Å². The molecule has 32 heavy (non-hydrogen) atoms. The summed E-state index contributed by atoms with van der Waals surface area (Å²) in [5, 5.41) is 12.2. The Kier molecular flexibility index (Phi) is 6.58. The Hall–Kier alpha value is -3.56. The summed E-state index contributed by atoms with van der Waals surface area (Å²) >= 11 is 7.33. The Morgan fingerprint density at radius 2 is 1.91 bits per heavy atom. The Labute approximate surface area is 193 Å². The van der Waals surface area contributed by atoms with Crippen molar-refractivity contribution in [1.29, 1.82) is 0 Å². The summed E-state index contributed by atoms with van der Waals surface area (Å²) in [5.74, 6) is 0.841. The molecule has 1 amide bonds. The highest BCUT2D eigenvalue weighted by molar-refractivity contribution is 7.15. The molecule has 0 atom stereocenters. The largest absolute Gasteiger partial charge is 0.494 e. The molecule has 0 unspecified atom stereocenters. The summed E-state index contributed by atoms with van der Waals surface area (Å²) in [6.07, 6.45) is 3.02. The number of hydrogen-bond donors (Lipinski definition) is 1. The number of carbonyl (C=O) groups excluding carboxylic acids is 1. The minimum absolute atomic E-state index is 0.252. The molecule has 0 aliphatic carbocycles. The van der Waals surface area contributed by atoms with Crippen molar-refractivity contribution in [2.45, 2.75) is 13.5 Å². The van der Waals surface area contributed by atoms with Crippen LogP contribution in [0.2, 0.25) is 5.15 Å². The first-order valence-electron chi connectivity index (χ1n) is 9.51. The first-order valence-corrected chi connectivity index (χ1v) is 10.7. The van der Waals surface area contributed by atoms with Crippen LogP contribution >= 0.6 is 22.9 Å². The van der Waals surface area contributed by atoms with E-state index >= 15 is 0 Å². The summed E-state index contributed by atoms with van der Waals surface area (Å²) in [6.45, 7) is 2.09. The van der Waals surface area contributed by atoms with Gasteiger partial charge in [-0.2, -0.15) is 0 Å². The van der Waals surface area contributed by atoms with Gasteiger partial charge >= 0.3 is 0 Å². The molecule has 162 valence electrons. The normalized spacial score (nSPS) is 10.6. The number of benzene rings is 1. The monoisotopic (exact) mass is 467 g/mol. The van der Waals surface area contributed by atoms with Gasteiger partial charge in [-0.1, -0.05) is 41.1 Å². The second kappa shape index (κ2) is 9.71. The van der Waals surface area contributed by atoms with Crippen molar-refractivity contribution >= 4 is 34.0 Å². The van der Waals surface area contributed by atoms with E-state index < -0.39 is 0 Å². The molecule has 3 aromatic heterocycles. The maximum atomic E-state index is 13.1. The number of ether oxygens (including phenoxy) is 2. The zero-order valence-electron chi connectivity index (χ0n) is 17.2. The van der Waals surface area contributed by atoms with Crippen molar-refractivity contribution in [3.05, 3.63) is 76.3 Å². The third kappa shape index (κ3) is 5.01. The summed E-state index contributed by atoms with van der Waals surface area (Å²) in [7, 11) is 1.53. The van der Waals surface area contributed by atoms with Crippen LogP contribution in [0.15, 0.2) is 54.9 Å². The van der Waals surface area contributed by atoms with Crippen molar-refractivity contribution in [2.75, 3.05) is 12.4 Å². The number of nitrogens with one attached hydrogen (secondary N) is 1. The molecule has 1 N–H and O–H groups in total. The predicted molar refractivity (Wildman–Crippen MR) is 122 cm³/mol. The van der Waals surface area contributed by atoms with Gasteiger partial charge in [0.05, 0.1) is 18.9 Å². The molecule has 1 aromatic carbocycles. The third-order valence-corrected chi connectivity index (χ3v) is 5.44. The lowest BCUT2D eigenvalue weighted by Crippen LogP contribution is -2.14. The van der Waals surface area contributed by atoms with Crippen LogP contribution in [0, 0.1) is 6.92 Å². The summed E-state index contributed by atoms with van der Waals surface area (Å²) in [5.41, 5.74) is 2.34. The summed E-state index contributed by atoms with van der Waals surface area (Å²) in [4.78, 5) is 21.4. The van der Waals surface area contributed by atoms with Gasteiger partial charge in [-0.05, 0) is 31.2 Å². The third-order valence-electron chi connectivity index (χ3n) is 4.42. The fourth-order valence-corrected chi connectivity index (χ4v) is 3.75. The lowest BCUT2D eigenvalue weighted by Gasteiger charge is -2.13. The molecule has 4 rings (SSSR count). The highest BCUT2D eigenvalue weighted by atomic mass is 35.5. The molecule has 0 aliphatic rings. The predicted octanol–water partition coefficient (Wildman–Crippen LogP) is 4.80. The molecule has 0 bridgehead atoms. The SMILES string of the molecule is COc1cnc(Cl)cc1-c1cc(C)ncc1C(=O)Nc1nnc(COc2ccccc2)s1. The first kappa shape index (κ1) is 21.7. The molecule has 0 fully saturated rings. The van der Waals surface area contributed by atoms with E-state index in [0.29, 0.717) is 32.6 Å². The Balaban J connectivity index is 1.55. The van der Waals surface area contributed by atoms with E-state index in [1.165, 1.54) is 30.8 Å². The van der Waals surface area contributed by atoms with Crippen LogP contribution < -0.4 is 14.8 Å². The summed E-state index contributed by atoms with van der Waals surface area (Å²) < 4.78 is 11.1. The first-order chi connectivity index (χ1) is 15.5. The minimum Gasteiger partial charge on any atom is -0.494 e. The highest BCUT2D eigenvalue weighted by Gasteiger charge is 2.19. The lowest BCUT2D eigenvalue weighted by molar-refractivity contribution is 0.102. The molecule has 8 nitrogen and oxygen atoms in total. The van der Waals surface area contributed by atoms with E-state index in [1.54, 1.807) is 12.1 Å². The molecular weight excluding hydrogens is 450 g/mol. The van der Waals surface area contributed by atoms with Crippen molar-refractivity contribution < 1.29 is 14.3 Å². The molecule has 0 saturated carbocycles. The van der Waals surface area contributed by atoms with Gasteiger partial charge in [0.2, 0.25) is 5.13 Å². The number of aryl methyl sites for hydroxylation is 1. The molecule has 0 aliphatic heterocycles. The second-order valence-corrected chi connectivity index (χ2v) is 8.08. The van der Waals surface area contributed by atoms with Crippen molar-refractivity contribution in [3.63, 3.8) is 0 Å². The average molecular weight is 468 g/mol. The number of methoxy groups -OCH3 is 1. The minimum atomic E-state index is -0.380. The van der Waals surface area contributed by atoms with E-state index in [-0.39, 0.29) is 17.7 Å². The number of rotatable bonds is 7. The van der Waals surface area contributed by atoms with Gasteiger partial charge in [0.15, 0.2) is 5.01 Å². The molecule has 3 heterocycles. The van der Waals surface area contributed by atoms with Gasteiger partial charge in [-0.15, -0.1) is 10.2 Å². The van der Waals surface area contributed by atoms with Crippen LogP contribution in [0.5, 0.6) is 11.5 Å². The number of nitrogens with zero attached hydrogens (tertiary/aromatic N) is 4. The van der Waals surface area contributed by atoms with Crippen LogP contribution in [0.25, 0.3) is 11.1 Å². The number of pyridine rings is 2. The van der Waals surface area contributed by atoms with E-state index in [4.69, 9.17) is 21.1 Å². The Morgan fingerprint density at radius 1 is 1.09 bits per heavy atom. The quantitative estimate of drug-likeness (QED) is 0.390. The van der Waals surface area contributed by atoms with Crippen LogP contribution in [0.4, 0.5) is 5.13 Å². The number of amides is 1. The molecule has 0 spiro atoms. The van der Waals surface area contributed by atoms with Crippen LogP contribution in [-0.2, 0) is 6.61 Å². The van der Waals surface area contributed by atoms with Crippen LogP contribution in [-0.4, -0.2) is 33.2 Å². The van der Waals surface area contributed by atoms with E-state index in [2.05, 4.69) is 25.5 Å². The number of carbonyl (C=O) groups is 1. The molecule has 10 heteroatoms. The lowest BCUT2D eigenvalue weighted by atomic mass is 10.0. The zero-order chi connectivity index (χ0) is 22.5. The van der Waals surface area contributed by atoms with Gasteiger partial charge in [0.1, 0.15) is 23.3 Å². The topological polar surface area (TPSA) is 99.1 Å². The Bertz CT molecular complexity index is 1250. The fourth-order valence-electron chi connectivity index (χ4n) is 2.94. The van der Waals surface area contributed by atoms with E-state index in [0.717, 1.165) is 11.4 Å². The maximum absolute atomic E-state index is 13.1. The molecule has 0 radical (unpaired) electrons. The van der Waals surface area contributed by atoms with Gasteiger partial charge in [-0.3, -0.25) is 15.1 Å². The number of hydrogen-bond acceptors (Lipinski definition) is 8. The molecule has 4 aromatic rings. The zero-order valence-corrected chi connectivity index (χ0v) is 18.8. The molecule has 0 saturated heterocycles. The Morgan fingerprint density at radius 3 is 2.69 bits per heavy atom. The number of halogens is 1. The van der Waals surface area contributed by atoms with Gasteiger partial charge in [0.25, 0.3) is 5.91 Å². The van der Waals surface area contributed by atoms with Gasteiger partial charge < -0.3 is 9.47 Å². The summed E-state index contributed by atoms with van der Waals surface area (Å²) in [6, 6.07) is 12.8. The second-order valence-electron chi connectivity index (χ2n) is 6.64. The van der Waals surface area contributed by atoms with E-state index in [9.17, 15) is 4.79 Å². The van der Waals surface area contributed by atoms with Gasteiger partial charge in [0, 0.05) is 23.0 Å². The maximum Gasteiger partial charge on any atom is 0.259 e. The molecular formula is C22H18ClN5O3S. The van der Waals surface area contributed by atoms with Crippen molar-refractivity contribution in [2.24, 2.45) is 0 Å². The van der Waals surface area contributed by atoms with Crippen molar-refractivity contribution in [3.8, 4) is 22.6 Å². The smallest absolute Gasteiger partial charge is 0.259 e. The van der Waals surface area contributed by atoms with Gasteiger partial charge in [-0.25, -0.2) is 4.98 Å². The number of para-hydroxylation sites is 1. The highest BCUT2D eigenvalue weighted by Crippen LogP contribution is 2.34. The fraction of sp³-hybridized carbons (Fsp3) is 0.136. The standard InChI is InChI=1S/C22H18ClN5O3S/c1-13-8-15(16-9-19(23)25-11-18(16)30-2)17(10-24-13)21(29)26-22-28-27-20(32-22)12-31-14-6-4-3-5-7-14/h3-11H,12H2,1-2H3,(H,26,28,29). The van der Waals surface area contributed by atoms with E-state index in [1.807, 2.05) is 37.3 Å². The number of aromatic nitrogens is 4. The van der Waals surface area contributed by atoms with Crippen molar-refractivity contribution in [1.82, 2.24) is 20.2 Å². The average Bonchev–Trinajstić information content (AvgIpc) is 3.25. The van der Waals surface area contributed by atoms with Crippen LogP contribution in [0.1, 0.15) is 21.1 Å². The number of anilines is 1.